The third-order valence-corrected chi connectivity index (χ3v) is 6.59. The number of fused-ring (bicyclic) bond motifs is 1. The Kier molecular flexibility index (Phi) is 10.1. The molecule has 33 heavy (non-hydrogen) atoms. The molecule has 2 unspecified atom stereocenters. The molecule has 0 aromatic heterocycles. The highest BCUT2D eigenvalue weighted by Crippen LogP contribution is 2.47. The van der Waals surface area contributed by atoms with Gasteiger partial charge in [0, 0.05) is 5.92 Å². The van der Waals surface area contributed by atoms with Crippen LogP contribution in [0.5, 0.6) is 0 Å². The molecule has 2 aromatic rings. The van der Waals surface area contributed by atoms with Gasteiger partial charge in [-0.1, -0.05) is 67.9 Å². The Morgan fingerprint density at radius 1 is 1.00 bits per heavy atom. The van der Waals surface area contributed by atoms with Crippen LogP contribution >= 0.6 is 0 Å². The van der Waals surface area contributed by atoms with Crippen LogP contribution in [0.3, 0.4) is 0 Å². The minimum atomic E-state index is -1.82. The fourth-order valence-corrected chi connectivity index (χ4v) is 4.75. The van der Waals surface area contributed by atoms with Crippen molar-refractivity contribution in [1.29, 1.82) is 0 Å². The number of nitrogens with zero attached hydrogens (tertiary/aromatic N) is 1. The lowest BCUT2D eigenvalue weighted by atomic mass is 9.73. The Labute approximate surface area is 196 Å². The predicted molar refractivity (Wildman–Crippen MR) is 129 cm³/mol. The van der Waals surface area contributed by atoms with E-state index >= 15 is 0 Å². The monoisotopic (exact) mass is 455 g/mol. The molecule has 0 saturated carbocycles. The Morgan fingerprint density at radius 2 is 1.61 bits per heavy atom. The van der Waals surface area contributed by atoms with Gasteiger partial charge < -0.3 is 20.2 Å². The third kappa shape index (κ3) is 7.14. The molecule has 2 atom stereocenters. The minimum absolute atomic E-state index is 0.165. The van der Waals surface area contributed by atoms with Crippen molar-refractivity contribution in [2.45, 2.75) is 64.4 Å². The first-order valence-corrected chi connectivity index (χ1v) is 11.8. The summed E-state index contributed by atoms with van der Waals surface area (Å²) in [4.78, 5) is 20.7. The van der Waals surface area contributed by atoms with Crippen LogP contribution in [0.15, 0.2) is 48.5 Å². The number of rotatable bonds is 7. The van der Waals surface area contributed by atoms with E-state index in [0.717, 1.165) is 57.3 Å². The second kappa shape index (κ2) is 12.5. The summed E-state index contributed by atoms with van der Waals surface area (Å²) in [5, 5.41) is 26.9. The predicted octanol–water partition coefficient (Wildman–Crippen LogP) is 4.58. The number of carboxylic acids is 2. The summed E-state index contributed by atoms with van der Waals surface area (Å²) in [5.41, 5.74) is 4.26. The average molecular weight is 456 g/mol. The Bertz CT molecular complexity index is 895. The van der Waals surface area contributed by atoms with Gasteiger partial charge in [-0.2, -0.15) is 0 Å². The molecule has 0 bridgehead atoms. The van der Waals surface area contributed by atoms with Crippen LogP contribution in [0.4, 0.5) is 0 Å². The van der Waals surface area contributed by atoms with Gasteiger partial charge in [-0.15, -0.1) is 0 Å². The van der Waals surface area contributed by atoms with Crippen LogP contribution in [0.2, 0.25) is 0 Å². The topological polar surface area (TPSA) is 98.1 Å². The summed E-state index contributed by atoms with van der Waals surface area (Å²) in [6.45, 7) is 9.77. The smallest absolute Gasteiger partial charge is 0.414 e. The van der Waals surface area contributed by atoms with Gasteiger partial charge in [-0.25, -0.2) is 9.59 Å². The molecule has 6 heteroatoms. The van der Waals surface area contributed by atoms with Gasteiger partial charge in [-0.05, 0) is 75.4 Å². The van der Waals surface area contributed by atoms with E-state index in [4.69, 9.17) is 19.8 Å². The van der Waals surface area contributed by atoms with Crippen LogP contribution < -0.4 is 0 Å². The molecule has 0 radical (unpaired) electrons. The second-order valence-electron chi connectivity index (χ2n) is 8.68. The average Bonchev–Trinajstić information content (AvgIpc) is 2.95. The van der Waals surface area contributed by atoms with Crippen molar-refractivity contribution in [3.8, 4) is 0 Å². The van der Waals surface area contributed by atoms with Gasteiger partial charge in [0.2, 0.25) is 0 Å². The third-order valence-electron chi connectivity index (χ3n) is 6.59. The highest BCUT2D eigenvalue weighted by atomic mass is 16.4. The van der Waals surface area contributed by atoms with Gasteiger partial charge in [0.05, 0.1) is 5.60 Å². The van der Waals surface area contributed by atoms with Crippen LogP contribution in [0, 0.1) is 6.92 Å². The highest BCUT2D eigenvalue weighted by molar-refractivity contribution is 6.27. The molecule has 0 spiro atoms. The maximum Gasteiger partial charge on any atom is 0.414 e. The highest BCUT2D eigenvalue weighted by Gasteiger charge is 2.41. The van der Waals surface area contributed by atoms with Crippen LogP contribution in [-0.4, -0.2) is 51.8 Å². The molecule has 0 aliphatic heterocycles. The van der Waals surface area contributed by atoms with Crippen molar-refractivity contribution in [3.05, 3.63) is 70.8 Å². The van der Waals surface area contributed by atoms with Gasteiger partial charge in [-0.3, -0.25) is 0 Å². The van der Waals surface area contributed by atoms with Gasteiger partial charge >= 0.3 is 11.9 Å². The van der Waals surface area contributed by atoms with E-state index in [1.165, 1.54) is 16.7 Å². The molecular weight excluding hydrogens is 418 g/mol. The standard InChI is InChI=1S/C25H35NO.C2H2O4/c1-4-26(5-2)19-9-18-25(27)23-12-7-6-10-21(23)11-8-13-24(25)22-16-14-20(3)15-17-22;3-1(4)2(5)6/h6-7,10,12,14-17,24,27H,4-5,8-9,11,13,18-19H2,1-3H3;(H,3,4)(H,5,6). The van der Waals surface area contributed by atoms with Gasteiger partial charge in [0.25, 0.3) is 0 Å². The summed E-state index contributed by atoms with van der Waals surface area (Å²) >= 11 is 0. The van der Waals surface area contributed by atoms with Crippen molar-refractivity contribution in [2.24, 2.45) is 0 Å². The Hall–Kier alpha value is -2.70. The molecule has 0 heterocycles. The van der Waals surface area contributed by atoms with E-state index in [-0.39, 0.29) is 5.92 Å². The number of carbonyl (C=O) groups is 2. The van der Waals surface area contributed by atoms with Crippen molar-refractivity contribution in [2.75, 3.05) is 19.6 Å². The summed E-state index contributed by atoms with van der Waals surface area (Å²) in [7, 11) is 0. The lowest BCUT2D eigenvalue weighted by Gasteiger charge is -2.37. The molecule has 0 amide bonds. The molecular formula is C27H37NO5. The number of hydrogen-bond donors (Lipinski definition) is 3. The second-order valence-corrected chi connectivity index (χ2v) is 8.68. The number of carboxylic acid groups (broad SMARTS) is 2. The maximum absolute atomic E-state index is 12.1. The van der Waals surface area contributed by atoms with Gasteiger partial charge in [0.15, 0.2) is 0 Å². The van der Waals surface area contributed by atoms with E-state index in [2.05, 4.69) is 74.2 Å². The molecule has 2 aromatic carbocycles. The van der Waals surface area contributed by atoms with Crippen LogP contribution in [0.1, 0.15) is 67.7 Å². The molecule has 0 fully saturated rings. The van der Waals surface area contributed by atoms with E-state index in [9.17, 15) is 5.11 Å². The number of aliphatic hydroxyl groups is 1. The van der Waals surface area contributed by atoms with Gasteiger partial charge in [0.1, 0.15) is 0 Å². The largest absolute Gasteiger partial charge is 0.473 e. The summed E-state index contributed by atoms with van der Waals surface area (Å²) in [6.07, 6.45) is 5.08. The first-order chi connectivity index (χ1) is 15.7. The quantitative estimate of drug-likeness (QED) is 0.418. The molecule has 3 rings (SSSR count). The minimum Gasteiger partial charge on any atom is -0.473 e. The van der Waals surface area contributed by atoms with E-state index in [1.807, 2.05) is 0 Å². The first-order valence-electron chi connectivity index (χ1n) is 11.8. The maximum atomic E-state index is 12.1. The zero-order valence-corrected chi connectivity index (χ0v) is 20.0. The number of hydrogen-bond acceptors (Lipinski definition) is 4. The van der Waals surface area contributed by atoms with Crippen molar-refractivity contribution in [1.82, 2.24) is 4.90 Å². The number of aryl methyl sites for hydroxylation is 2. The molecule has 0 saturated heterocycles. The summed E-state index contributed by atoms with van der Waals surface area (Å²) < 4.78 is 0. The number of aliphatic carboxylic acids is 2. The van der Waals surface area contributed by atoms with Crippen LogP contribution in [0.25, 0.3) is 0 Å². The summed E-state index contributed by atoms with van der Waals surface area (Å²) in [5.74, 6) is -3.48. The van der Waals surface area contributed by atoms with Crippen LogP contribution in [-0.2, 0) is 21.6 Å². The first kappa shape index (κ1) is 26.6. The molecule has 3 N–H and O–H groups in total. The molecule has 1 aliphatic rings. The molecule has 6 nitrogen and oxygen atoms in total. The van der Waals surface area contributed by atoms with Crippen molar-refractivity contribution < 1.29 is 24.9 Å². The van der Waals surface area contributed by atoms with E-state index < -0.39 is 17.5 Å². The lowest BCUT2D eigenvalue weighted by molar-refractivity contribution is -0.159. The normalized spacial score (nSPS) is 19.7. The molecule has 180 valence electrons. The lowest BCUT2D eigenvalue weighted by Crippen LogP contribution is -2.35. The fourth-order valence-electron chi connectivity index (χ4n) is 4.75. The zero-order chi connectivity index (χ0) is 24.4. The van der Waals surface area contributed by atoms with Crippen molar-refractivity contribution in [3.63, 3.8) is 0 Å². The number of benzene rings is 2. The Balaban J connectivity index is 0.000000569. The van der Waals surface area contributed by atoms with Crippen molar-refractivity contribution >= 4 is 11.9 Å². The fraction of sp³-hybridized carbons (Fsp3) is 0.481. The molecule has 1 aliphatic carbocycles. The van der Waals surface area contributed by atoms with E-state index in [0.29, 0.717) is 0 Å². The van der Waals surface area contributed by atoms with E-state index in [1.54, 1.807) is 0 Å². The SMILES string of the molecule is CCN(CC)CCCC1(O)c2ccccc2CCCC1c1ccc(C)cc1.O=C(O)C(=O)O. The summed E-state index contributed by atoms with van der Waals surface area (Å²) in [6, 6.07) is 17.4. The zero-order valence-electron chi connectivity index (χ0n) is 20.0. The Morgan fingerprint density at radius 3 is 2.18 bits per heavy atom.